The molecule has 112 valence electrons. The highest BCUT2D eigenvalue weighted by atomic mass is 32.2. The van der Waals surface area contributed by atoms with Crippen LogP contribution in [0.2, 0.25) is 0 Å². The Morgan fingerprint density at radius 3 is 2.76 bits per heavy atom. The van der Waals surface area contributed by atoms with Crippen LogP contribution in [0, 0.1) is 5.82 Å². The molecule has 0 saturated carbocycles. The number of nitrogens with zero attached hydrogens (tertiary/aromatic N) is 3. The van der Waals surface area contributed by atoms with Gasteiger partial charge in [-0.3, -0.25) is 0 Å². The SMILES string of the molecule is CC1SCCN(c2nnc(Cc3ccc(F)cc3)s2)C1C. The van der Waals surface area contributed by atoms with Crippen molar-refractivity contribution in [3.05, 3.63) is 40.7 Å². The van der Waals surface area contributed by atoms with Gasteiger partial charge in [0.25, 0.3) is 0 Å². The minimum absolute atomic E-state index is 0.203. The van der Waals surface area contributed by atoms with Gasteiger partial charge < -0.3 is 4.90 Å². The monoisotopic (exact) mass is 323 g/mol. The number of hydrogen-bond acceptors (Lipinski definition) is 5. The van der Waals surface area contributed by atoms with Crippen LogP contribution in [-0.2, 0) is 6.42 Å². The largest absolute Gasteiger partial charge is 0.342 e. The van der Waals surface area contributed by atoms with E-state index in [2.05, 4.69) is 28.9 Å². The second kappa shape index (κ2) is 6.32. The summed E-state index contributed by atoms with van der Waals surface area (Å²) in [4.78, 5) is 2.35. The van der Waals surface area contributed by atoms with E-state index >= 15 is 0 Å². The quantitative estimate of drug-likeness (QED) is 0.863. The molecule has 21 heavy (non-hydrogen) atoms. The second-order valence-electron chi connectivity index (χ2n) is 5.29. The van der Waals surface area contributed by atoms with Gasteiger partial charge in [-0.2, -0.15) is 11.8 Å². The van der Waals surface area contributed by atoms with Crippen LogP contribution >= 0.6 is 23.1 Å². The van der Waals surface area contributed by atoms with Crippen LogP contribution in [0.4, 0.5) is 9.52 Å². The highest BCUT2D eigenvalue weighted by Gasteiger charge is 2.27. The molecule has 2 aromatic rings. The Kier molecular flexibility index (Phi) is 4.45. The first-order valence-corrected chi connectivity index (χ1v) is 8.95. The van der Waals surface area contributed by atoms with E-state index in [0.717, 1.165) is 28.0 Å². The molecular weight excluding hydrogens is 305 g/mol. The minimum Gasteiger partial charge on any atom is -0.342 e. The fraction of sp³-hybridized carbons (Fsp3) is 0.467. The topological polar surface area (TPSA) is 29.0 Å². The third-order valence-corrected chi connectivity index (χ3v) is 6.15. The Hall–Kier alpha value is -1.14. The van der Waals surface area contributed by atoms with Gasteiger partial charge in [0.05, 0.1) is 0 Å². The summed E-state index contributed by atoms with van der Waals surface area (Å²) < 4.78 is 12.9. The van der Waals surface area contributed by atoms with Gasteiger partial charge >= 0.3 is 0 Å². The summed E-state index contributed by atoms with van der Waals surface area (Å²) in [7, 11) is 0. The number of hydrogen-bond donors (Lipinski definition) is 0. The van der Waals surface area contributed by atoms with Gasteiger partial charge in [-0.1, -0.05) is 30.4 Å². The molecule has 0 aliphatic carbocycles. The lowest BCUT2D eigenvalue weighted by Gasteiger charge is -2.36. The Balaban J connectivity index is 1.72. The molecule has 0 N–H and O–H groups in total. The van der Waals surface area contributed by atoms with Crippen LogP contribution in [-0.4, -0.2) is 33.8 Å². The fourth-order valence-corrected chi connectivity index (χ4v) is 4.50. The molecule has 1 saturated heterocycles. The molecule has 1 aromatic carbocycles. The van der Waals surface area contributed by atoms with Crippen LogP contribution in [0.1, 0.15) is 24.4 Å². The normalized spacial score (nSPS) is 22.5. The molecule has 0 spiro atoms. The lowest BCUT2D eigenvalue weighted by molar-refractivity contribution is 0.623. The number of benzene rings is 1. The zero-order valence-corrected chi connectivity index (χ0v) is 13.8. The molecule has 2 unspecified atom stereocenters. The highest BCUT2D eigenvalue weighted by Crippen LogP contribution is 2.31. The smallest absolute Gasteiger partial charge is 0.208 e. The van der Waals surface area contributed by atoms with E-state index in [0.29, 0.717) is 17.7 Å². The van der Waals surface area contributed by atoms with Gasteiger partial charge in [-0.05, 0) is 24.6 Å². The molecule has 2 atom stereocenters. The van der Waals surface area contributed by atoms with Gasteiger partial charge in [-0.25, -0.2) is 4.39 Å². The summed E-state index contributed by atoms with van der Waals surface area (Å²) in [5, 5.41) is 11.2. The van der Waals surface area contributed by atoms with Crippen molar-refractivity contribution in [2.45, 2.75) is 31.6 Å². The summed E-state index contributed by atoms with van der Waals surface area (Å²) in [6, 6.07) is 7.07. The Morgan fingerprint density at radius 1 is 1.24 bits per heavy atom. The molecular formula is C15H18FN3S2. The first-order valence-electron chi connectivity index (χ1n) is 7.08. The summed E-state index contributed by atoms with van der Waals surface area (Å²) >= 11 is 3.66. The number of rotatable bonds is 3. The molecule has 0 bridgehead atoms. The maximum absolute atomic E-state index is 12.9. The molecule has 0 amide bonds. The maximum atomic E-state index is 12.9. The van der Waals surface area contributed by atoms with E-state index in [4.69, 9.17) is 0 Å². The third kappa shape index (κ3) is 3.37. The fourth-order valence-electron chi connectivity index (χ4n) is 2.41. The standard InChI is InChI=1S/C15H18FN3S2/c1-10-11(2)20-8-7-19(10)15-18-17-14(21-15)9-12-3-5-13(16)6-4-12/h3-6,10-11H,7-9H2,1-2H3. The van der Waals surface area contributed by atoms with Gasteiger partial charge in [0.2, 0.25) is 5.13 Å². The molecule has 2 heterocycles. The van der Waals surface area contributed by atoms with Crippen molar-refractivity contribution in [2.75, 3.05) is 17.2 Å². The second-order valence-corrected chi connectivity index (χ2v) is 7.82. The van der Waals surface area contributed by atoms with Crippen LogP contribution in [0.25, 0.3) is 0 Å². The van der Waals surface area contributed by atoms with Crippen LogP contribution in [0.5, 0.6) is 0 Å². The molecule has 6 heteroatoms. The van der Waals surface area contributed by atoms with E-state index in [9.17, 15) is 4.39 Å². The van der Waals surface area contributed by atoms with E-state index in [1.54, 1.807) is 23.5 Å². The summed E-state index contributed by atoms with van der Waals surface area (Å²) in [6.45, 7) is 5.54. The summed E-state index contributed by atoms with van der Waals surface area (Å²) in [5.74, 6) is 0.934. The van der Waals surface area contributed by atoms with Crippen LogP contribution in [0.15, 0.2) is 24.3 Å². The van der Waals surface area contributed by atoms with Crippen molar-refractivity contribution < 1.29 is 4.39 Å². The Labute approximate surface area is 132 Å². The average molecular weight is 323 g/mol. The van der Waals surface area contributed by atoms with Gasteiger partial charge in [-0.15, -0.1) is 10.2 Å². The van der Waals surface area contributed by atoms with E-state index in [-0.39, 0.29) is 5.82 Å². The van der Waals surface area contributed by atoms with Gasteiger partial charge in [0.15, 0.2) is 0 Å². The Bertz CT molecular complexity index is 599. The molecule has 1 aliphatic rings. The van der Waals surface area contributed by atoms with Gasteiger partial charge in [0, 0.05) is 30.0 Å². The minimum atomic E-state index is -0.203. The van der Waals surface area contributed by atoms with Crippen molar-refractivity contribution in [3.8, 4) is 0 Å². The number of halogens is 1. The maximum Gasteiger partial charge on any atom is 0.208 e. The van der Waals surface area contributed by atoms with E-state index < -0.39 is 0 Å². The first kappa shape index (κ1) is 14.8. The zero-order valence-electron chi connectivity index (χ0n) is 12.1. The molecule has 3 rings (SSSR count). The van der Waals surface area contributed by atoms with Crippen molar-refractivity contribution in [1.29, 1.82) is 0 Å². The molecule has 1 aromatic heterocycles. The first-order chi connectivity index (χ1) is 10.1. The van der Waals surface area contributed by atoms with E-state index in [1.165, 1.54) is 12.1 Å². The van der Waals surface area contributed by atoms with Gasteiger partial charge in [0.1, 0.15) is 10.8 Å². The van der Waals surface area contributed by atoms with Crippen LogP contribution < -0.4 is 4.90 Å². The summed E-state index contributed by atoms with van der Waals surface area (Å²) in [6.07, 6.45) is 0.713. The molecule has 0 radical (unpaired) electrons. The molecule has 1 fully saturated rings. The lowest BCUT2D eigenvalue weighted by atomic mass is 10.2. The average Bonchev–Trinajstić information content (AvgIpc) is 2.93. The van der Waals surface area contributed by atoms with Crippen molar-refractivity contribution in [3.63, 3.8) is 0 Å². The lowest BCUT2D eigenvalue weighted by Crippen LogP contribution is -2.44. The number of aromatic nitrogens is 2. The van der Waals surface area contributed by atoms with E-state index in [1.807, 2.05) is 11.8 Å². The van der Waals surface area contributed by atoms with Crippen molar-refractivity contribution >= 4 is 28.2 Å². The third-order valence-electron chi connectivity index (χ3n) is 3.85. The van der Waals surface area contributed by atoms with Crippen molar-refractivity contribution in [2.24, 2.45) is 0 Å². The predicted molar refractivity (Wildman–Crippen MR) is 87.8 cm³/mol. The number of anilines is 1. The summed E-state index contributed by atoms with van der Waals surface area (Å²) in [5.41, 5.74) is 1.06. The Morgan fingerprint density at radius 2 is 2.00 bits per heavy atom. The molecule has 3 nitrogen and oxygen atoms in total. The predicted octanol–water partition coefficient (Wildman–Crippen LogP) is 3.60. The van der Waals surface area contributed by atoms with Crippen molar-refractivity contribution in [1.82, 2.24) is 10.2 Å². The van der Waals surface area contributed by atoms with Crippen LogP contribution in [0.3, 0.4) is 0 Å². The highest BCUT2D eigenvalue weighted by molar-refractivity contribution is 8.00. The zero-order chi connectivity index (χ0) is 14.8. The number of thioether (sulfide) groups is 1. The molecule has 1 aliphatic heterocycles.